The van der Waals surface area contributed by atoms with E-state index >= 15 is 0 Å². The number of hydrogen-bond donors (Lipinski definition) is 1. The molecule has 1 atom stereocenters. The van der Waals surface area contributed by atoms with Gasteiger partial charge in [-0.3, -0.25) is 0 Å². The highest BCUT2D eigenvalue weighted by Gasteiger charge is 2.35. The molecule has 1 aromatic rings. The van der Waals surface area contributed by atoms with Gasteiger partial charge in [0.1, 0.15) is 5.60 Å². The van der Waals surface area contributed by atoms with Crippen molar-refractivity contribution in [3.8, 4) is 0 Å². The van der Waals surface area contributed by atoms with Crippen LogP contribution in [0.25, 0.3) is 0 Å². The van der Waals surface area contributed by atoms with E-state index in [9.17, 15) is 0 Å². The predicted octanol–water partition coefficient (Wildman–Crippen LogP) is 1.44. The fourth-order valence-corrected chi connectivity index (χ4v) is 2.30. The zero-order valence-corrected chi connectivity index (χ0v) is 10.2. The van der Waals surface area contributed by atoms with Crippen molar-refractivity contribution in [2.75, 3.05) is 32.2 Å². The average Bonchev–Trinajstić information content (AvgIpc) is 2.93. The third-order valence-corrected chi connectivity index (χ3v) is 3.68. The summed E-state index contributed by atoms with van der Waals surface area (Å²) in [5.74, 6) is 0.954. The average molecular weight is 237 g/mol. The SMILES string of the molecule is COC1(CNc2nccn2C2CC2)CCOC1. The molecule has 1 aromatic heterocycles. The Morgan fingerprint density at radius 1 is 1.65 bits per heavy atom. The van der Waals surface area contributed by atoms with Crippen LogP contribution in [0, 0.1) is 0 Å². The minimum Gasteiger partial charge on any atom is -0.378 e. The Bertz CT molecular complexity index is 381. The molecule has 3 rings (SSSR count). The molecule has 94 valence electrons. The van der Waals surface area contributed by atoms with Crippen molar-refractivity contribution in [2.45, 2.75) is 30.9 Å². The number of anilines is 1. The van der Waals surface area contributed by atoms with Crippen molar-refractivity contribution in [2.24, 2.45) is 0 Å². The number of hydrogen-bond acceptors (Lipinski definition) is 4. The number of aromatic nitrogens is 2. The summed E-state index contributed by atoms with van der Waals surface area (Å²) in [5, 5.41) is 3.40. The number of methoxy groups -OCH3 is 1. The summed E-state index contributed by atoms with van der Waals surface area (Å²) in [7, 11) is 1.75. The summed E-state index contributed by atoms with van der Waals surface area (Å²) in [5.41, 5.74) is -0.180. The fourth-order valence-electron chi connectivity index (χ4n) is 2.30. The van der Waals surface area contributed by atoms with E-state index in [2.05, 4.69) is 14.9 Å². The molecule has 1 aliphatic heterocycles. The minimum absolute atomic E-state index is 0.180. The highest BCUT2D eigenvalue weighted by Crippen LogP contribution is 2.37. The summed E-state index contributed by atoms with van der Waals surface area (Å²) in [6.07, 6.45) is 7.38. The molecule has 0 radical (unpaired) electrons. The van der Waals surface area contributed by atoms with Gasteiger partial charge in [-0.15, -0.1) is 0 Å². The summed E-state index contributed by atoms with van der Waals surface area (Å²) < 4.78 is 13.2. The van der Waals surface area contributed by atoms with Crippen LogP contribution in [0.1, 0.15) is 25.3 Å². The van der Waals surface area contributed by atoms with Crippen LogP contribution in [0.2, 0.25) is 0 Å². The Morgan fingerprint density at radius 3 is 3.18 bits per heavy atom. The van der Waals surface area contributed by atoms with Gasteiger partial charge in [-0.05, 0) is 12.8 Å². The Kier molecular flexibility index (Phi) is 2.80. The van der Waals surface area contributed by atoms with Crippen molar-refractivity contribution in [3.63, 3.8) is 0 Å². The van der Waals surface area contributed by atoms with Crippen LogP contribution in [0.15, 0.2) is 12.4 Å². The molecule has 1 saturated carbocycles. The molecule has 1 unspecified atom stereocenters. The Hall–Kier alpha value is -1.07. The van der Waals surface area contributed by atoms with Gasteiger partial charge in [-0.1, -0.05) is 0 Å². The van der Waals surface area contributed by atoms with E-state index in [-0.39, 0.29) is 5.60 Å². The molecule has 2 aliphatic rings. The molecule has 2 fully saturated rings. The molecule has 5 heteroatoms. The van der Waals surface area contributed by atoms with Crippen LogP contribution < -0.4 is 5.32 Å². The predicted molar refractivity (Wildman–Crippen MR) is 64.2 cm³/mol. The first-order valence-electron chi connectivity index (χ1n) is 6.23. The number of nitrogens with zero attached hydrogens (tertiary/aromatic N) is 2. The van der Waals surface area contributed by atoms with Crippen LogP contribution in [0.4, 0.5) is 5.95 Å². The quantitative estimate of drug-likeness (QED) is 0.841. The van der Waals surface area contributed by atoms with Crippen LogP contribution in [-0.2, 0) is 9.47 Å². The molecule has 1 saturated heterocycles. The van der Waals surface area contributed by atoms with E-state index in [0.29, 0.717) is 12.6 Å². The lowest BCUT2D eigenvalue weighted by Crippen LogP contribution is -2.40. The highest BCUT2D eigenvalue weighted by atomic mass is 16.5. The first-order chi connectivity index (χ1) is 8.33. The second-order valence-electron chi connectivity index (χ2n) is 4.93. The normalized spacial score (nSPS) is 28.5. The second kappa shape index (κ2) is 4.31. The standard InChI is InChI=1S/C12H19N3O2/c1-16-12(4-7-17-9-12)8-14-11-13-5-6-15(11)10-2-3-10/h5-6,10H,2-4,7-9H2,1H3,(H,13,14). The Labute approximate surface area is 101 Å². The van der Waals surface area contributed by atoms with Gasteiger partial charge in [0.25, 0.3) is 0 Å². The maximum absolute atomic E-state index is 5.59. The third-order valence-electron chi connectivity index (χ3n) is 3.68. The summed E-state index contributed by atoms with van der Waals surface area (Å²) in [6, 6.07) is 0.651. The van der Waals surface area contributed by atoms with Crippen molar-refractivity contribution >= 4 is 5.95 Å². The van der Waals surface area contributed by atoms with Crippen LogP contribution >= 0.6 is 0 Å². The number of ether oxygens (including phenoxy) is 2. The van der Waals surface area contributed by atoms with Crippen LogP contribution in [0.5, 0.6) is 0 Å². The van der Waals surface area contributed by atoms with E-state index in [1.54, 1.807) is 7.11 Å². The summed E-state index contributed by atoms with van der Waals surface area (Å²) >= 11 is 0. The molecule has 2 heterocycles. The third kappa shape index (κ3) is 2.17. The van der Waals surface area contributed by atoms with Gasteiger partial charge in [0.15, 0.2) is 0 Å². The molecule has 5 nitrogen and oxygen atoms in total. The van der Waals surface area contributed by atoms with Gasteiger partial charge in [-0.25, -0.2) is 4.98 Å². The van der Waals surface area contributed by atoms with E-state index in [4.69, 9.17) is 9.47 Å². The van der Waals surface area contributed by atoms with Gasteiger partial charge in [0, 0.05) is 45.1 Å². The Balaban J connectivity index is 1.64. The van der Waals surface area contributed by atoms with E-state index < -0.39 is 0 Å². The molecule has 0 amide bonds. The number of nitrogens with one attached hydrogen (secondary N) is 1. The molecule has 0 bridgehead atoms. The molecule has 1 aliphatic carbocycles. The van der Waals surface area contributed by atoms with Gasteiger partial charge >= 0.3 is 0 Å². The van der Waals surface area contributed by atoms with Crippen molar-refractivity contribution in [1.29, 1.82) is 0 Å². The topological polar surface area (TPSA) is 48.3 Å². The maximum atomic E-state index is 5.59. The van der Waals surface area contributed by atoms with Gasteiger partial charge < -0.3 is 19.4 Å². The lowest BCUT2D eigenvalue weighted by atomic mass is 10.0. The zero-order valence-electron chi connectivity index (χ0n) is 10.2. The molecule has 1 N–H and O–H groups in total. The van der Waals surface area contributed by atoms with Crippen molar-refractivity contribution in [3.05, 3.63) is 12.4 Å². The van der Waals surface area contributed by atoms with E-state index in [1.165, 1.54) is 12.8 Å². The highest BCUT2D eigenvalue weighted by molar-refractivity contribution is 5.28. The number of imidazole rings is 1. The van der Waals surface area contributed by atoms with Gasteiger partial charge in [0.2, 0.25) is 5.95 Å². The first-order valence-corrected chi connectivity index (χ1v) is 6.23. The summed E-state index contributed by atoms with van der Waals surface area (Å²) in [6.45, 7) is 2.21. The van der Waals surface area contributed by atoms with Crippen LogP contribution in [-0.4, -0.2) is 42.0 Å². The molecular formula is C12H19N3O2. The minimum atomic E-state index is -0.180. The Morgan fingerprint density at radius 2 is 2.53 bits per heavy atom. The molecular weight excluding hydrogens is 218 g/mol. The maximum Gasteiger partial charge on any atom is 0.203 e. The lowest BCUT2D eigenvalue weighted by Gasteiger charge is -2.26. The summed E-state index contributed by atoms with van der Waals surface area (Å²) in [4.78, 5) is 4.36. The molecule has 0 aromatic carbocycles. The molecule has 0 spiro atoms. The van der Waals surface area contributed by atoms with Gasteiger partial charge in [-0.2, -0.15) is 0 Å². The monoisotopic (exact) mass is 237 g/mol. The molecule has 17 heavy (non-hydrogen) atoms. The fraction of sp³-hybridized carbons (Fsp3) is 0.750. The first kappa shape index (κ1) is 11.0. The van der Waals surface area contributed by atoms with E-state index in [1.807, 2.05) is 12.4 Å². The van der Waals surface area contributed by atoms with Crippen LogP contribution in [0.3, 0.4) is 0 Å². The number of rotatable bonds is 5. The lowest BCUT2D eigenvalue weighted by molar-refractivity contribution is -0.00635. The zero-order chi connectivity index (χ0) is 11.7. The second-order valence-corrected chi connectivity index (χ2v) is 4.93. The van der Waals surface area contributed by atoms with Crippen molar-refractivity contribution in [1.82, 2.24) is 9.55 Å². The van der Waals surface area contributed by atoms with Gasteiger partial charge in [0.05, 0.1) is 6.61 Å². The van der Waals surface area contributed by atoms with E-state index in [0.717, 1.165) is 25.5 Å². The smallest absolute Gasteiger partial charge is 0.203 e. The van der Waals surface area contributed by atoms with Crippen molar-refractivity contribution < 1.29 is 9.47 Å². The largest absolute Gasteiger partial charge is 0.378 e.